The number of hydrogen-bond acceptors (Lipinski definition) is 4. The molecule has 5 nitrogen and oxygen atoms in total. The van der Waals surface area contributed by atoms with Gasteiger partial charge in [-0.1, -0.05) is 0 Å². The molecule has 1 aromatic carbocycles. The van der Waals surface area contributed by atoms with Gasteiger partial charge in [-0.25, -0.2) is 0 Å². The number of aliphatic hydroxyl groups excluding tert-OH is 1. The third-order valence-corrected chi connectivity index (χ3v) is 3.37. The molecule has 0 bridgehead atoms. The number of nitrogens with zero attached hydrogens (tertiary/aromatic N) is 1. The highest BCUT2D eigenvalue weighted by molar-refractivity contribution is 5.95. The van der Waals surface area contributed by atoms with Crippen molar-refractivity contribution in [3.63, 3.8) is 0 Å². The third kappa shape index (κ3) is 3.38. The predicted octanol–water partition coefficient (Wildman–Crippen LogP) is 1.15. The maximum absolute atomic E-state index is 11.9. The van der Waals surface area contributed by atoms with Crippen LogP contribution in [0.4, 0.5) is 11.4 Å². The number of aliphatic hydroxyl groups is 1. The average Bonchev–Trinajstić information content (AvgIpc) is 3.20. The van der Waals surface area contributed by atoms with Crippen molar-refractivity contribution in [2.75, 3.05) is 31.7 Å². The lowest BCUT2D eigenvalue weighted by Gasteiger charge is -2.16. The van der Waals surface area contributed by atoms with Crippen molar-refractivity contribution >= 4 is 17.3 Å². The molecule has 1 aliphatic rings. The Balaban J connectivity index is 2.05. The van der Waals surface area contributed by atoms with Gasteiger partial charge in [-0.15, -0.1) is 0 Å². The molecule has 1 fully saturated rings. The van der Waals surface area contributed by atoms with Gasteiger partial charge >= 0.3 is 0 Å². The van der Waals surface area contributed by atoms with Crippen LogP contribution < -0.4 is 11.1 Å². The number of nitrogens with one attached hydrogen (secondary N) is 1. The van der Waals surface area contributed by atoms with E-state index >= 15 is 0 Å². The first-order valence-electron chi connectivity index (χ1n) is 6.52. The maximum atomic E-state index is 11.9. The molecule has 0 spiro atoms. The SMILES string of the molecule is CN(C)C(=O)c1ccc(N)c(NCC(O)C2CC2)c1. The van der Waals surface area contributed by atoms with Gasteiger partial charge in [-0.2, -0.15) is 0 Å². The third-order valence-electron chi connectivity index (χ3n) is 3.37. The van der Waals surface area contributed by atoms with Crippen molar-refractivity contribution in [2.45, 2.75) is 18.9 Å². The second-order valence-corrected chi connectivity index (χ2v) is 5.29. The molecule has 0 radical (unpaired) electrons. The first-order chi connectivity index (χ1) is 8.99. The minimum Gasteiger partial charge on any atom is -0.397 e. The zero-order chi connectivity index (χ0) is 14.0. The van der Waals surface area contributed by atoms with Crippen molar-refractivity contribution in [3.05, 3.63) is 23.8 Å². The van der Waals surface area contributed by atoms with E-state index in [-0.39, 0.29) is 12.0 Å². The summed E-state index contributed by atoms with van der Waals surface area (Å²) in [4.78, 5) is 13.4. The Morgan fingerprint density at radius 2 is 2.21 bits per heavy atom. The van der Waals surface area contributed by atoms with Gasteiger partial charge in [0.15, 0.2) is 0 Å². The van der Waals surface area contributed by atoms with Crippen molar-refractivity contribution in [2.24, 2.45) is 5.92 Å². The standard InChI is InChI=1S/C14H21N3O2/c1-17(2)14(19)10-5-6-11(15)12(7-10)16-8-13(18)9-3-4-9/h5-7,9,13,16,18H,3-4,8,15H2,1-2H3. The molecule has 5 heteroatoms. The van der Waals surface area contributed by atoms with Gasteiger partial charge in [-0.05, 0) is 37.0 Å². The van der Waals surface area contributed by atoms with Crippen LogP contribution in [0.15, 0.2) is 18.2 Å². The largest absolute Gasteiger partial charge is 0.397 e. The molecule has 104 valence electrons. The number of rotatable bonds is 5. The van der Waals surface area contributed by atoms with Crippen LogP contribution in [0.1, 0.15) is 23.2 Å². The molecule has 4 N–H and O–H groups in total. The van der Waals surface area contributed by atoms with Crippen LogP contribution in [-0.2, 0) is 0 Å². The van der Waals surface area contributed by atoms with Crippen molar-refractivity contribution in [1.82, 2.24) is 4.90 Å². The van der Waals surface area contributed by atoms with Crippen LogP contribution in [0.3, 0.4) is 0 Å². The molecule has 2 rings (SSSR count). The molecular weight excluding hydrogens is 242 g/mol. The Kier molecular flexibility index (Phi) is 3.95. The molecule has 1 aliphatic carbocycles. The summed E-state index contributed by atoms with van der Waals surface area (Å²) in [7, 11) is 3.42. The smallest absolute Gasteiger partial charge is 0.253 e. The second-order valence-electron chi connectivity index (χ2n) is 5.29. The van der Waals surface area contributed by atoms with Crippen LogP contribution in [0.5, 0.6) is 0 Å². The van der Waals surface area contributed by atoms with Gasteiger partial charge in [0.25, 0.3) is 5.91 Å². The van der Waals surface area contributed by atoms with Crippen LogP contribution in [0.2, 0.25) is 0 Å². The Hall–Kier alpha value is -1.75. The van der Waals surface area contributed by atoms with Crippen molar-refractivity contribution < 1.29 is 9.90 Å². The molecule has 1 saturated carbocycles. The van der Waals surface area contributed by atoms with Gasteiger partial charge in [0.1, 0.15) is 0 Å². The van der Waals surface area contributed by atoms with Crippen LogP contribution in [0.25, 0.3) is 0 Å². The van der Waals surface area contributed by atoms with Gasteiger partial charge in [0.2, 0.25) is 0 Å². The Morgan fingerprint density at radius 3 is 2.79 bits per heavy atom. The summed E-state index contributed by atoms with van der Waals surface area (Å²) in [6.45, 7) is 0.467. The van der Waals surface area contributed by atoms with E-state index in [0.29, 0.717) is 29.4 Å². The molecule has 1 amide bonds. The lowest BCUT2D eigenvalue weighted by molar-refractivity contribution is 0.0827. The van der Waals surface area contributed by atoms with E-state index in [2.05, 4.69) is 5.32 Å². The monoisotopic (exact) mass is 263 g/mol. The lowest BCUT2D eigenvalue weighted by atomic mass is 10.1. The zero-order valence-corrected chi connectivity index (χ0v) is 11.4. The fourth-order valence-corrected chi connectivity index (χ4v) is 1.96. The van der Waals surface area contributed by atoms with Crippen molar-refractivity contribution in [3.8, 4) is 0 Å². The van der Waals surface area contributed by atoms with Crippen molar-refractivity contribution in [1.29, 1.82) is 0 Å². The normalized spacial score (nSPS) is 15.9. The first-order valence-corrected chi connectivity index (χ1v) is 6.52. The molecule has 19 heavy (non-hydrogen) atoms. The number of carbonyl (C=O) groups is 1. The number of benzene rings is 1. The fraction of sp³-hybridized carbons (Fsp3) is 0.500. The van der Waals surface area contributed by atoms with Gasteiger partial charge in [0, 0.05) is 26.2 Å². The predicted molar refractivity (Wildman–Crippen MR) is 76.1 cm³/mol. The van der Waals surface area contributed by atoms with E-state index in [1.54, 1.807) is 32.3 Å². The molecule has 1 aromatic rings. The molecule has 1 unspecified atom stereocenters. The Bertz CT molecular complexity index is 470. The van der Waals surface area contributed by atoms with Gasteiger partial charge in [-0.3, -0.25) is 4.79 Å². The van der Waals surface area contributed by atoms with Gasteiger partial charge in [0.05, 0.1) is 17.5 Å². The summed E-state index contributed by atoms with van der Waals surface area (Å²) in [6, 6.07) is 5.15. The average molecular weight is 263 g/mol. The molecule has 0 aromatic heterocycles. The summed E-state index contributed by atoms with van der Waals surface area (Å²) in [6.07, 6.45) is 1.85. The molecule has 0 heterocycles. The maximum Gasteiger partial charge on any atom is 0.253 e. The van der Waals surface area contributed by atoms with E-state index < -0.39 is 0 Å². The zero-order valence-electron chi connectivity index (χ0n) is 11.4. The van der Waals surface area contributed by atoms with E-state index in [0.717, 1.165) is 12.8 Å². The minimum absolute atomic E-state index is 0.0641. The van der Waals surface area contributed by atoms with Crippen LogP contribution in [0, 0.1) is 5.92 Å². The number of nitrogen functional groups attached to an aromatic ring is 1. The highest BCUT2D eigenvalue weighted by Gasteiger charge is 2.29. The highest BCUT2D eigenvalue weighted by Crippen LogP contribution is 2.32. The van der Waals surface area contributed by atoms with Gasteiger partial charge < -0.3 is 21.1 Å². The summed E-state index contributed by atoms with van der Waals surface area (Å²) >= 11 is 0. The van der Waals surface area contributed by atoms with E-state index in [9.17, 15) is 9.90 Å². The highest BCUT2D eigenvalue weighted by atomic mass is 16.3. The number of anilines is 2. The topological polar surface area (TPSA) is 78.6 Å². The number of nitrogens with two attached hydrogens (primary N) is 1. The van der Waals surface area contributed by atoms with Crippen LogP contribution in [-0.4, -0.2) is 42.7 Å². The summed E-state index contributed by atoms with van der Waals surface area (Å²) in [5.74, 6) is 0.353. The quantitative estimate of drug-likeness (QED) is 0.696. The molecule has 0 aliphatic heterocycles. The Labute approximate surface area is 113 Å². The van der Waals surface area contributed by atoms with E-state index in [4.69, 9.17) is 5.73 Å². The van der Waals surface area contributed by atoms with E-state index in [1.807, 2.05) is 0 Å². The second kappa shape index (κ2) is 5.48. The number of carbonyl (C=O) groups excluding carboxylic acids is 1. The molecule has 1 atom stereocenters. The summed E-state index contributed by atoms with van der Waals surface area (Å²) < 4.78 is 0. The fourth-order valence-electron chi connectivity index (χ4n) is 1.96. The first kappa shape index (κ1) is 13.7. The number of hydrogen-bond donors (Lipinski definition) is 3. The van der Waals surface area contributed by atoms with E-state index in [1.165, 1.54) is 4.90 Å². The van der Waals surface area contributed by atoms with Crippen LogP contribution >= 0.6 is 0 Å². The lowest BCUT2D eigenvalue weighted by Crippen LogP contribution is -2.23. The minimum atomic E-state index is -0.340. The Morgan fingerprint density at radius 1 is 1.53 bits per heavy atom. The molecular formula is C14H21N3O2. The summed E-state index contributed by atoms with van der Waals surface area (Å²) in [5.41, 5.74) is 7.74. The molecule has 0 saturated heterocycles. The summed E-state index contributed by atoms with van der Waals surface area (Å²) in [5, 5.41) is 13.0. The number of amides is 1.